The Balaban J connectivity index is 2.99. The van der Waals surface area contributed by atoms with E-state index in [0.29, 0.717) is 0 Å². The van der Waals surface area contributed by atoms with Gasteiger partial charge in [-0.25, -0.2) is 0 Å². The molecular weight excluding hydrogens is 397 g/mol. The van der Waals surface area contributed by atoms with Gasteiger partial charge in [0.2, 0.25) is 5.90 Å². The van der Waals surface area contributed by atoms with Gasteiger partial charge in [0.05, 0.1) is 6.10 Å². The first-order valence-corrected chi connectivity index (χ1v) is 13.0. The Labute approximate surface area is 169 Å². The molecule has 0 saturated heterocycles. The summed E-state index contributed by atoms with van der Waals surface area (Å²) in [4.78, 5) is 0. The van der Waals surface area contributed by atoms with E-state index in [2.05, 4.69) is 33.9 Å². The number of ether oxygens (including phenoxy) is 1. The Morgan fingerprint density at radius 3 is 2.20 bits per heavy atom. The molecule has 3 atom stereocenters. The summed E-state index contributed by atoms with van der Waals surface area (Å²) in [7, 11) is -1.89. The predicted octanol–water partition coefficient (Wildman–Crippen LogP) is 6.88. The molecule has 0 aliphatic heterocycles. The number of alkyl halides is 3. The molecule has 1 saturated carbocycles. The Morgan fingerprint density at radius 1 is 1.16 bits per heavy atom. The van der Waals surface area contributed by atoms with Gasteiger partial charge in [-0.3, -0.25) is 5.41 Å². The van der Waals surface area contributed by atoms with E-state index in [9.17, 15) is 0 Å². The third-order valence-electron chi connectivity index (χ3n) is 5.32. The number of nitrogens with one attached hydrogen (secondary N) is 1. The molecule has 0 unspecified atom stereocenters. The number of hydrogen-bond donors (Lipinski definition) is 1. The zero-order valence-corrected chi connectivity index (χ0v) is 19.4. The second kappa shape index (κ2) is 8.96. The lowest BCUT2D eigenvalue weighted by molar-refractivity contribution is 0.0191. The zero-order valence-electron chi connectivity index (χ0n) is 16.2. The smallest absolute Gasteiger partial charge is 0.265 e. The van der Waals surface area contributed by atoms with Gasteiger partial charge in [0, 0.05) is 5.92 Å². The normalized spacial score (nSPS) is 24.4. The molecule has 3 nitrogen and oxygen atoms in total. The molecule has 0 aromatic heterocycles. The summed E-state index contributed by atoms with van der Waals surface area (Å²) in [6, 6.07) is 0. The lowest BCUT2D eigenvalue weighted by atomic mass is 9.82. The first-order chi connectivity index (χ1) is 11.3. The van der Waals surface area contributed by atoms with Crippen LogP contribution < -0.4 is 0 Å². The predicted molar refractivity (Wildman–Crippen MR) is 112 cm³/mol. The quantitative estimate of drug-likeness (QED) is 0.170. The number of allylic oxidation sites excluding steroid dienone is 1. The first-order valence-electron chi connectivity index (χ1n) is 8.92. The lowest BCUT2D eigenvalue weighted by Crippen LogP contribution is -2.49. The maximum atomic E-state index is 7.93. The fourth-order valence-electron chi connectivity index (χ4n) is 2.86. The molecule has 0 radical (unpaired) electrons. The lowest BCUT2D eigenvalue weighted by Gasteiger charge is -2.44. The van der Waals surface area contributed by atoms with E-state index in [1.54, 1.807) is 0 Å². The van der Waals surface area contributed by atoms with E-state index in [4.69, 9.17) is 49.4 Å². The third kappa shape index (κ3) is 6.73. The summed E-state index contributed by atoms with van der Waals surface area (Å²) in [5.74, 6) is -0.177. The summed E-state index contributed by atoms with van der Waals surface area (Å²) in [5, 5.41) is 8.08. The maximum absolute atomic E-state index is 7.93. The van der Waals surface area contributed by atoms with E-state index < -0.39 is 12.1 Å². The molecule has 0 amide bonds. The molecule has 1 fully saturated rings. The topological polar surface area (TPSA) is 42.3 Å². The summed E-state index contributed by atoms with van der Waals surface area (Å²) in [5.41, 5.74) is 0. The highest BCUT2D eigenvalue weighted by atomic mass is 35.6. The van der Waals surface area contributed by atoms with Gasteiger partial charge < -0.3 is 9.16 Å². The number of hydrogen-bond acceptors (Lipinski definition) is 3. The standard InChI is InChI=1S/C18H32Cl3NO2Si/c1-7-10-14(23-16(22)18(19,20)21)13-11-8-9-12-15(13)24-25(5,6)17(2,3)4/h7,10,13-15,22H,8-9,11-12H2,1-6H3/t13-,14-,15-/m0/s1. The second-order valence-corrected chi connectivity index (χ2v) is 15.3. The van der Waals surface area contributed by atoms with Gasteiger partial charge in [-0.2, -0.15) is 0 Å². The minimum atomic E-state index is -1.89. The summed E-state index contributed by atoms with van der Waals surface area (Å²) < 4.78 is 10.6. The van der Waals surface area contributed by atoms with Gasteiger partial charge in [-0.1, -0.05) is 74.5 Å². The molecule has 1 rings (SSSR count). The first kappa shape index (κ1) is 23.3. The van der Waals surface area contributed by atoms with Crippen LogP contribution >= 0.6 is 34.8 Å². The summed E-state index contributed by atoms with van der Waals surface area (Å²) in [6.07, 6.45) is 7.94. The molecule has 0 spiro atoms. The third-order valence-corrected chi connectivity index (χ3v) is 10.3. The van der Waals surface area contributed by atoms with Gasteiger partial charge >= 0.3 is 0 Å². The molecule has 1 N–H and O–H groups in total. The van der Waals surface area contributed by atoms with Crippen LogP contribution in [0.5, 0.6) is 0 Å². The van der Waals surface area contributed by atoms with Crippen molar-refractivity contribution < 1.29 is 9.16 Å². The van der Waals surface area contributed by atoms with Crippen molar-refractivity contribution in [2.45, 2.75) is 87.5 Å². The average Bonchev–Trinajstić information content (AvgIpc) is 2.44. The van der Waals surface area contributed by atoms with Crippen molar-refractivity contribution in [1.82, 2.24) is 0 Å². The fraction of sp³-hybridized carbons (Fsp3) is 0.833. The molecule has 1 aliphatic rings. The fourth-order valence-corrected chi connectivity index (χ4v) is 4.40. The van der Waals surface area contributed by atoms with Crippen LogP contribution in [0, 0.1) is 11.3 Å². The van der Waals surface area contributed by atoms with Gasteiger partial charge in [-0.15, -0.1) is 0 Å². The molecule has 0 heterocycles. The minimum Gasteiger partial charge on any atom is -0.470 e. The highest BCUT2D eigenvalue weighted by Gasteiger charge is 2.43. The molecule has 0 bridgehead atoms. The van der Waals surface area contributed by atoms with E-state index in [1.807, 2.05) is 19.1 Å². The zero-order chi connectivity index (χ0) is 19.5. The Morgan fingerprint density at radius 2 is 1.72 bits per heavy atom. The average molecular weight is 429 g/mol. The summed E-state index contributed by atoms with van der Waals surface area (Å²) in [6.45, 7) is 13.2. The van der Waals surface area contributed by atoms with Gasteiger partial charge in [0.15, 0.2) is 8.32 Å². The van der Waals surface area contributed by atoms with E-state index in [1.165, 1.54) is 0 Å². The second-order valence-electron chi connectivity index (χ2n) is 8.30. The van der Waals surface area contributed by atoms with Crippen molar-refractivity contribution in [3.63, 3.8) is 0 Å². The van der Waals surface area contributed by atoms with E-state index in [-0.39, 0.29) is 29.1 Å². The number of halogens is 3. The highest BCUT2D eigenvalue weighted by molar-refractivity contribution is 6.76. The highest BCUT2D eigenvalue weighted by Crippen LogP contribution is 2.41. The minimum absolute atomic E-state index is 0.110. The van der Waals surface area contributed by atoms with Crippen molar-refractivity contribution in [3.8, 4) is 0 Å². The summed E-state index contributed by atoms with van der Waals surface area (Å²) >= 11 is 17.4. The van der Waals surface area contributed by atoms with Crippen LogP contribution in [0.25, 0.3) is 0 Å². The van der Waals surface area contributed by atoms with E-state index >= 15 is 0 Å². The SMILES string of the molecule is CC=C[C@H](OC(=N)C(Cl)(Cl)Cl)[C@@H]1CCCC[C@@H]1O[Si](C)(C)C(C)(C)C. The van der Waals surface area contributed by atoms with Gasteiger partial charge in [0.25, 0.3) is 3.79 Å². The monoisotopic (exact) mass is 427 g/mol. The van der Waals surface area contributed by atoms with Gasteiger partial charge in [-0.05, 0) is 44.0 Å². The van der Waals surface area contributed by atoms with Crippen molar-refractivity contribution in [2.24, 2.45) is 5.92 Å². The maximum Gasteiger partial charge on any atom is 0.265 e. The van der Waals surface area contributed by atoms with Crippen LogP contribution in [0.15, 0.2) is 12.2 Å². The molecule has 7 heteroatoms. The van der Waals surface area contributed by atoms with Crippen LogP contribution in [0.2, 0.25) is 18.1 Å². The van der Waals surface area contributed by atoms with Crippen LogP contribution in [0.4, 0.5) is 0 Å². The van der Waals surface area contributed by atoms with Crippen molar-refractivity contribution >= 4 is 49.0 Å². The Hall–Kier alpha value is 0.257. The van der Waals surface area contributed by atoms with Crippen molar-refractivity contribution in [2.75, 3.05) is 0 Å². The van der Waals surface area contributed by atoms with Crippen LogP contribution in [-0.4, -0.2) is 30.2 Å². The Kier molecular flexibility index (Phi) is 8.35. The molecule has 0 aromatic rings. The molecular formula is C18H32Cl3NO2Si. The largest absolute Gasteiger partial charge is 0.470 e. The van der Waals surface area contributed by atoms with Crippen molar-refractivity contribution in [3.05, 3.63) is 12.2 Å². The van der Waals surface area contributed by atoms with E-state index in [0.717, 1.165) is 25.7 Å². The van der Waals surface area contributed by atoms with Crippen LogP contribution in [-0.2, 0) is 9.16 Å². The van der Waals surface area contributed by atoms with Crippen molar-refractivity contribution in [1.29, 1.82) is 5.41 Å². The Bertz CT molecular complexity index is 484. The molecule has 146 valence electrons. The number of rotatable bonds is 5. The van der Waals surface area contributed by atoms with Crippen LogP contribution in [0.1, 0.15) is 53.4 Å². The molecule has 25 heavy (non-hydrogen) atoms. The molecule has 0 aromatic carbocycles. The van der Waals surface area contributed by atoms with Gasteiger partial charge in [0.1, 0.15) is 6.10 Å². The van der Waals surface area contributed by atoms with Crippen LogP contribution in [0.3, 0.4) is 0 Å². The molecule has 1 aliphatic carbocycles.